The zero-order valence-corrected chi connectivity index (χ0v) is 12.3. The number of rotatable bonds is 4. The second kappa shape index (κ2) is 6.35. The minimum atomic E-state index is 0.326. The van der Waals surface area contributed by atoms with Crippen LogP contribution in [0.1, 0.15) is 36.1 Å². The molecule has 1 aliphatic heterocycles. The highest BCUT2D eigenvalue weighted by Crippen LogP contribution is 2.23. The molecule has 2 heterocycles. The van der Waals surface area contributed by atoms with Gasteiger partial charge in [-0.3, -0.25) is 0 Å². The topological polar surface area (TPSA) is 51.4 Å². The first-order valence-electron chi connectivity index (χ1n) is 7.11. The van der Waals surface area contributed by atoms with Gasteiger partial charge in [0.15, 0.2) is 0 Å². The minimum Gasteiger partial charge on any atom is -0.376 e. The van der Waals surface area contributed by atoms with Crippen molar-refractivity contribution in [2.45, 2.75) is 45.8 Å². The summed E-state index contributed by atoms with van der Waals surface area (Å²) in [6.07, 6.45) is 3.93. The highest BCUT2D eigenvalue weighted by molar-refractivity contribution is 5.51. The molecule has 1 fully saturated rings. The summed E-state index contributed by atoms with van der Waals surface area (Å²) in [4.78, 5) is 6.85. The Morgan fingerprint density at radius 3 is 2.84 bits per heavy atom. The molecule has 1 saturated heterocycles. The first kappa shape index (κ1) is 14.3. The molecule has 2 N–H and O–H groups in total. The van der Waals surface area contributed by atoms with E-state index in [0.29, 0.717) is 12.6 Å². The maximum Gasteiger partial charge on any atom is 0.133 e. The molecule has 0 bridgehead atoms. The number of hydrogen-bond donors (Lipinski definition) is 1. The lowest BCUT2D eigenvalue weighted by molar-refractivity contribution is 0.0215. The van der Waals surface area contributed by atoms with Crippen LogP contribution in [-0.2, 0) is 11.3 Å². The second-order valence-corrected chi connectivity index (χ2v) is 5.46. The first-order chi connectivity index (χ1) is 9.11. The Morgan fingerprint density at radius 1 is 1.42 bits per heavy atom. The fourth-order valence-electron chi connectivity index (χ4n) is 2.75. The van der Waals surface area contributed by atoms with Crippen molar-refractivity contribution in [2.24, 2.45) is 5.73 Å². The summed E-state index contributed by atoms with van der Waals surface area (Å²) in [5, 5.41) is 0. The third-order valence-electron chi connectivity index (χ3n) is 3.77. The average Bonchev–Trinajstić information content (AvgIpc) is 2.39. The zero-order valence-electron chi connectivity index (χ0n) is 12.3. The molecular formula is C15H25N3O. The van der Waals surface area contributed by atoms with E-state index in [1.54, 1.807) is 0 Å². The molecule has 1 atom stereocenters. The second-order valence-electron chi connectivity index (χ2n) is 5.46. The summed E-state index contributed by atoms with van der Waals surface area (Å²) in [6, 6.07) is 2.09. The van der Waals surface area contributed by atoms with Crippen LogP contribution in [-0.4, -0.2) is 31.3 Å². The van der Waals surface area contributed by atoms with Crippen LogP contribution in [0.4, 0.5) is 5.82 Å². The molecule has 1 unspecified atom stereocenters. The quantitative estimate of drug-likeness (QED) is 0.904. The van der Waals surface area contributed by atoms with E-state index in [2.05, 4.69) is 29.9 Å². The average molecular weight is 263 g/mol. The normalized spacial score (nSPS) is 19.5. The zero-order chi connectivity index (χ0) is 13.8. The van der Waals surface area contributed by atoms with E-state index >= 15 is 0 Å². The summed E-state index contributed by atoms with van der Waals surface area (Å²) in [7, 11) is 2.08. The van der Waals surface area contributed by atoms with Crippen molar-refractivity contribution in [3.63, 3.8) is 0 Å². The standard InChI is InChI=1S/C15H25N3O/c1-11-8-12(2)17-15(14(11)9-16)18(3)10-13-6-4-5-7-19-13/h8,13H,4-7,9-10,16H2,1-3H3. The van der Waals surface area contributed by atoms with Gasteiger partial charge in [-0.05, 0) is 44.7 Å². The van der Waals surface area contributed by atoms with Gasteiger partial charge < -0.3 is 15.4 Å². The van der Waals surface area contributed by atoms with Gasteiger partial charge in [-0.2, -0.15) is 0 Å². The van der Waals surface area contributed by atoms with Crippen molar-refractivity contribution in [3.05, 3.63) is 22.9 Å². The maximum atomic E-state index is 5.87. The molecule has 1 aromatic heterocycles. The number of anilines is 1. The van der Waals surface area contributed by atoms with E-state index in [-0.39, 0.29) is 0 Å². The van der Waals surface area contributed by atoms with Gasteiger partial charge in [0, 0.05) is 38.0 Å². The van der Waals surface area contributed by atoms with Crippen molar-refractivity contribution in [3.8, 4) is 0 Å². The van der Waals surface area contributed by atoms with E-state index in [1.807, 2.05) is 6.92 Å². The molecule has 19 heavy (non-hydrogen) atoms. The fourth-order valence-corrected chi connectivity index (χ4v) is 2.75. The molecular weight excluding hydrogens is 238 g/mol. The number of nitrogens with two attached hydrogens (primary N) is 1. The maximum absolute atomic E-state index is 5.87. The summed E-state index contributed by atoms with van der Waals surface area (Å²) in [6.45, 7) is 6.45. The monoisotopic (exact) mass is 263 g/mol. The smallest absolute Gasteiger partial charge is 0.133 e. The lowest BCUT2D eigenvalue weighted by atomic mass is 10.1. The molecule has 106 valence electrons. The third kappa shape index (κ3) is 3.45. The predicted octanol–water partition coefficient (Wildman–Crippen LogP) is 2.16. The van der Waals surface area contributed by atoms with Crippen LogP contribution in [0.2, 0.25) is 0 Å². The summed E-state index contributed by atoms with van der Waals surface area (Å²) >= 11 is 0. The van der Waals surface area contributed by atoms with Gasteiger partial charge in [-0.1, -0.05) is 0 Å². The van der Waals surface area contributed by atoms with Crippen LogP contribution in [0.15, 0.2) is 6.07 Å². The summed E-state index contributed by atoms with van der Waals surface area (Å²) in [5.74, 6) is 1.01. The molecule has 1 aromatic rings. The van der Waals surface area contributed by atoms with Gasteiger partial charge >= 0.3 is 0 Å². The largest absolute Gasteiger partial charge is 0.376 e. The third-order valence-corrected chi connectivity index (χ3v) is 3.77. The molecule has 0 aromatic carbocycles. The van der Waals surface area contributed by atoms with Crippen molar-refractivity contribution in [2.75, 3.05) is 25.1 Å². The van der Waals surface area contributed by atoms with Gasteiger partial charge in [0.1, 0.15) is 5.82 Å². The van der Waals surface area contributed by atoms with E-state index in [1.165, 1.54) is 18.4 Å². The number of aryl methyl sites for hydroxylation is 2. The summed E-state index contributed by atoms with van der Waals surface area (Å²) in [5.41, 5.74) is 9.28. The number of likely N-dealkylation sites (N-methyl/N-ethyl adjacent to an activating group) is 1. The highest BCUT2D eigenvalue weighted by Gasteiger charge is 2.19. The number of ether oxygens (including phenoxy) is 1. The van der Waals surface area contributed by atoms with Crippen molar-refractivity contribution < 1.29 is 4.74 Å². The molecule has 2 rings (SSSR count). The van der Waals surface area contributed by atoms with E-state index in [0.717, 1.165) is 36.6 Å². The predicted molar refractivity (Wildman–Crippen MR) is 78.5 cm³/mol. The lowest BCUT2D eigenvalue weighted by Gasteiger charge is -2.29. The molecule has 1 aliphatic rings. The van der Waals surface area contributed by atoms with Crippen LogP contribution < -0.4 is 10.6 Å². The minimum absolute atomic E-state index is 0.326. The Balaban J connectivity index is 2.15. The number of aromatic nitrogens is 1. The molecule has 0 spiro atoms. The van der Waals surface area contributed by atoms with E-state index < -0.39 is 0 Å². The van der Waals surface area contributed by atoms with Gasteiger partial charge in [-0.15, -0.1) is 0 Å². The van der Waals surface area contributed by atoms with E-state index in [4.69, 9.17) is 10.5 Å². The van der Waals surface area contributed by atoms with E-state index in [9.17, 15) is 0 Å². The highest BCUT2D eigenvalue weighted by atomic mass is 16.5. The Labute approximate surface area is 116 Å². The Kier molecular flexibility index (Phi) is 4.77. The van der Waals surface area contributed by atoms with Crippen LogP contribution in [0.25, 0.3) is 0 Å². The SMILES string of the molecule is Cc1cc(C)c(CN)c(N(C)CC2CCCCO2)n1. The van der Waals surface area contributed by atoms with Crippen LogP contribution in [0.3, 0.4) is 0 Å². The molecule has 4 heteroatoms. The molecule has 0 amide bonds. The molecule has 0 saturated carbocycles. The molecule has 4 nitrogen and oxygen atoms in total. The molecule has 0 aliphatic carbocycles. The van der Waals surface area contributed by atoms with Crippen LogP contribution in [0, 0.1) is 13.8 Å². The van der Waals surface area contributed by atoms with Crippen molar-refractivity contribution in [1.29, 1.82) is 0 Å². The Morgan fingerprint density at radius 2 is 2.21 bits per heavy atom. The number of nitrogens with zero attached hydrogens (tertiary/aromatic N) is 2. The molecule has 0 radical (unpaired) electrons. The fraction of sp³-hybridized carbons (Fsp3) is 0.667. The van der Waals surface area contributed by atoms with Gasteiger partial charge in [0.2, 0.25) is 0 Å². The van der Waals surface area contributed by atoms with Crippen LogP contribution in [0.5, 0.6) is 0 Å². The van der Waals surface area contributed by atoms with Gasteiger partial charge in [0.25, 0.3) is 0 Å². The number of hydrogen-bond acceptors (Lipinski definition) is 4. The Bertz CT molecular complexity index is 428. The van der Waals surface area contributed by atoms with Gasteiger partial charge in [-0.25, -0.2) is 4.98 Å². The lowest BCUT2D eigenvalue weighted by Crippen LogP contribution is -2.34. The summed E-state index contributed by atoms with van der Waals surface area (Å²) < 4.78 is 5.80. The Hall–Kier alpha value is -1.13. The first-order valence-corrected chi connectivity index (χ1v) is 7.11. The van der Waals surface area contributed by atoms with Crippen LogP contribution >= 0.6 is 0 Å². The van der Waals surface area contributed by atoms with Gasteiger partial charge in [0.05, 0.1) is 6.10 Å². The number of pyridine rings is 1. The van der Waals surface area contributed by atoms with Crippen molar-refractivity contribution in [1.82, 2.24) is 4.98 Å². The van der Waals surface area contributed by atoms with Crippen molar-refractivity contribution >= 4 is 5.82 Å².